The van der Waals surface area contributed by atoms with Crippen molar-refractivity contribution in [1.29, 1.82) is 0 Å². The average Bonchev–Trinajstić information content (AvgIpc) is 2.45. The molecule has 19 heavy (non-hydrogen) atoms. The fourth-order valence-corrected chi connectivity index (χ4v) is 1.89. The van der Waals surface area contributed by atoms with Crippen molar-refractivity contribution in [3.05, 3.63) is 65.7 Å². The summed E-state index contributed by atoms with van der Waals surface area (Å²) < 4.78 is 0. The Morgan fingerprint density at radius 3 is 2.53 bits per heavy atom. The number of carbonyl (C=O) groups is 1. The SMILES string of the molecule is NC(=O)[C@H](Nc1cccc(CO)c1)c1ccccc1. The number of anilines is 1. The van der Waals surface area contributed by atoms with E-state index in [0.717, 1.165) is 16.8 Å². The fourth-order valence-electron chi connectivity index (χ4n) is 1.89. The van der Waals surface area contributed by atoms with Crippen molar-refractivity contribution < 1.29 is 9.90 Å². The minimum absolute atomic E-state index is 0.0396. The van der Waals surface area contributed by atoms with Crippen LogP contribution in [0.1, 0.15) is 17.2 Å². The lowest BCUT2D eigenvalue weighted by Crippen LogP contribution is -2.27. The first-order valence-corrected chi connectivity index (χ1v) is 6.01. The molecule has 0 heterocycles. The van der Waals surface area contributed by atoms with Gasteiger partial charge in [-0.2, -0.15) is 0 Å². The minimum Gasteiger partial charge on any atom is -0.392 e. The third-order valence-corrected chi connectivity index (χ3v) is 2.84. The van der Waals surface area contributed by atoms with E-state index in [1.54, 1.807) is 6.07 Å². The van der Waals surface area contributed by atoms with Gasteiger partial charge in [-0.1, -0.05) is 42.5 Å². The summed E-state index contributed by atoms with van der Waals surface area (Å²) in [6.45, 7) is -0.0396. The average molecular weight is 256 g/mol. The van der Waals surface area contributed by atoms with Crippen LogP contribution in [0.5, 0.6) is 0 Å². The van der Waals surface area contributed by atoms with Gasteiger partial charge in [0.05, 0.1) is 6.61 Å². The monoisotopic (exact) mass is 256 g/mol. The van der Waals surface area contributed by atoms with Gasteiger partial charge in [0.25, 0.3) is 0 Å². The molecule has 0 saturated carbocycles. The number of nitrogens with one attached hydrogen (secondary N) is 1. The molecule has 2 rings (SSSR count). The summed E-state index contributed by atoms with van der Waals surface area (Å²) in [6.07, 6.45) is 0. The second-order valence-corrected chi connectivity index (χ2v) is 4.25. The Bertz CT molecular complexity index is 555. The Balaban J connectivity index is 2.24. The lowest BCUT2D eigenvalue weighted by molar-refractivity contribution is -0.118. The molecule has 0 fully saturated rings. The van der Waals surface area contributed by atoms with E-state index in [2.05, 4.69) is 5.32 Å². The van der Waals surface area contributed by atoms with Gasteiger partial charge in [-0.05, 0) is 23.3 Å². The molecule has 0 aliphatic carbocycles. The molecule has 1 amide bonds. The molecule has 1 atom stereocenters. The van der Waals surface area contributed by atoms with E-state index >= 15 is 0 Å². The number of primary amides is 1. The molecule has 2 aromatic rings. The molecule has 0 aliphatic heterocycles. The lowest BCUT2D eigenvalue weighted by atomic mass is 10.1. The molecular weight excluding hydrogens is 240 g/mol. The molecule has 0 unspecified atom stereocenters. The first-order chi connectivity index (χ1) is 9.20. The first-order valence-electron chi connectivity index (χ1n) is 6.01. The lowest BCUT2D eigenvalue weighted by Gasteiger charge is -2.17. The summed E-state index contributed by atoms with van der Waals surface area (Å²) in [7, 11) is 0. The number of amides is 1. The van der Waals surface area contributed by atoms with E-state index in [-0.39, 0.29) is 6.61 Å². The van der Waals surface area contributed by atoms with Gasteiger partial charge in [0.15, 0.2) is 0 Å². The number of benzene rings is 2. The van der Waals surface area contributed by atoms with Crippen LogP contribution in [0, 0.1) is 0 Å². The maximum absolute atomic E-state index is 11.6. The number of nitrogens with two attached hydrogens (primary N) is 1. The first kappa shape index (κ1) is 13.1. The maximum atomic E-state index is 11.6. The van der Waals surface area contributed by atoms with E-state index in [4.69, 9.17) is 10.8 Å². The van der Waals surface area contributed by atoms with Gasteiger partial charge in [0.1, 0.15) is 6.04 Å². The minimum atomic E-state index is -0.588. The molecule has 0 aromatic heterocycles. The summed E-state index contributed by atoms with van der Waals surface area (Å²) in [5.74, 6) is -0.444. The molecule has 0 aliphatic rings. The Morgan fingerprint density at radius 2 is 1.89 bits per heavy atom. The summed E-state index contributed by atoms with van der Waals surface area (Å²) >= 11 is 0. The molecule has 4 nitrogen and oxygen atoms in total. The van der Waals surface area contributed by atoms with E-state index in [9.17, 15) is 4.79 Å². The van der Waals surface area contributed by atoms with Crippen LogP contribution in [0.3, 0.4) is 0 Å². The normalized spacial score (nSPS) is 11.8. The number of carbonyl (C=O) groups excluding carboxylic acids is 1. The second-order valence-electron chi connectivity index (χ2n) is 4.25. The molecule has 0 saturated heterocycles. The van der Waals surface area contributed by atoms with Crippen LogP contribution in [0.4, 0.5) is 5.69 Å². The fraction of sp³-hybridized carbons (Fsp3) is 0.133. The zero-order chi connectivity index (χ0) is 13.7. The molecule has 4 heteroatoms. The molecule has 0 bridgehead atoms. The van der Waals surface area contributed by atoms with Gasteiger partial charge < -0.3 is 16.2 Å². The summed E-state index contributed by atoms with van der Waals surface area (Å²) in [5, 5.41) is 12.2. The molecule has 0 radical (unpaired) electrons. The number of hydrogen-bond donors (Lipinski definition) is 3. The third-order valence-electron chi connectivity index (χ3n) is 2.84. The highest BCUT2D eigenvalue weighted by molar-refractivity contribution is 5.84. The number of aliphatic hydroxyl groups is 1. The van der Waals surface area contributed by atoms with Crippen molar-refractivity contribution in [3.8, 4) is 0 Å². The summed E-state index contributed by atoms with van der Waals surface area (Å²) in [5.41, 5.74) is 7.77. The predicted octanol–water partition coefficient (Wildman–Crippen LogP) is 1.82. The largest absolute Gasteiger partial charge is 0.392 e. The van der Waals surface area contributed by atoms with Crippen molar-refractivity contribution in [2.24, 2.45) is 5.73 Å². The van der Waals surface area contributed by atoms with E-state index < -0.39 is 11.9 Å². The van der Waals surface area contributed by atoms with Crippen LogP contribution in [0.2, 0.25) is 0 Å². The zero-order valence-corrected chi connectivity index (χ0v) is 10.4. The maximum Gasteiger partial charge on any atom is 0.244 e. The van der Waals surface area contributed by atoms with Gasteiger partial charge in [-0.3, -0.25) is 4.79 Å². The zero-order valence-electron chi connectivity index (χ0n) is 10.4. The van der Waals surface area contributed by atoms with Crippen LogP contribution >= 0.6 is 0 Å². The van der Waals surface area contributed by atoms with Crippen molar-refractivity contribution in [2.45, 2.75) is 12.6 Å². The molecule has 98 valence electrons. The van der Waals surface area contributed by atoms with Crippen LogP contribution in [0.15, 0.2) is 54.6 Å². The summed E-state index contributed by atoms with van der Waals surface area (Å²) in [6, 6.07) is 16.0. The van der Waals surface area contributed by atoms with Crippen molar-refractivity contribution in [3.63, 3.8) is 0 Å². The van der Waals surface area contributed by atoms with Gasteiger partial charge in [0.2, 0.25) is 5.91 Å². The van der Waals surface area contributed by atoms with Crippen LogP contribution in [-0.2, 0) is 11.4 Å². The standard InChI is InChI=1S/C15H16N2O2/c16-15(19)14(12-6-2-1-3-7-12)17-13-8-4-5-11(9-13)10-18/h1-9,14,17-18H,10H2,(H2,16,19)/t14-/m1/s1. The molecule has 0 spiro atoms. The topological polar surface area (TPSA) is 75.4 Å². The molecule has 2 aromatic carbocycles. The van der Waals surface area contributed by atoms with Gasteiger partial charge in [-0.15, -0.1) is 0 Å². The molecule has 4 N–H and O–H groups in total. The Morgan fingerprint density at radius 1 is 1.16 bits per heavy atom. The second kappa shape index (κ2) is 6.02. The molecular formula is C15H16N2O2. The Kier molecular flexibility index (Phi) is 4.15. The Labute approximate surface area is 111 Å². The highest BCUT2D eigenvalue weighted by atomic mass is 16.3. The number of aliphatic hydroxyl groups excluding tert-OH is 1. The van der Waals surface area contributed by atoms with Crippen LogP contribution in [-0.4, -0.2) is 11.0 Å². The van der Waals surface area contributed by atoms with Gasteiger partial charge in [-0.25, -0.2) is 0 Å². The van der Waals surface area contributed by atoms with E-state index in [1.165, 1.54) is 0 Å². The van der Waals surface area contributed by atoms with Crippen molar-refractivity contribution in [1.82, 2.24) is 0 Å². The van der Waals surface area contributed by atoms with Crippen LogP contribution < -0.4 is 11.1 Å². The highest BCUT2D eigenvalue weighted by Gasteiger charge is 2.17. The van der Waals surface area contributed by atoms with Gasteiger partial charge >= 0.3 is 0 Å². The Hall–Kier alpha value is -2.33. The van der Waals surface area contributed by atoms with E-state index in [0.29, 0.717) is 0 Å². The van der Waals surface area contributed by atoms with Crippen LogP contribution in [0.25, 0.3) is 0 Å². The highest BCUT2D eigenvalue weighted by Crippen LogP contribution is 2.20. The number of hydrogen-bond acceptors (Lipinski definition) is 3. The van der Waals surface area contributed by atoms with Gasteiger partial charge in [0, 0.05) is 5.69 Å². The quantitative estimate of drug-likeness (QED) is 0.763. The van der Waals surface area contributed by atoms with Crippen molar-refractivity contribution in [2.75, 3.05) is 5.32 Å². The van der Waals surface area contributed by atoms with E-state index in [1.807, 2.05) is 48.5 Å². The van der Waals surface area contributed by atoms with Crippen molar-refractivity contribution >= 4 is 11.6 Å². The smallest absolute Gasteiger partial charge is 0.244 e. The number of rotatable bonds is 5. The predicted molar refractivity (Wildman–Crippen MR) is 74.4 cm³/mol. The third kappa shape index (κ3) is 3.33. The summed E-state index contributed by atoms with van der Waals surface area (Å²) in [4.78, 5) is 11.6.